The van der Waals surface area contributed by atoms with Gasteiger partial charge in [-0.25, -0.2) is 4.99 Å². The highest BCUT2D eigenvalue weighted by atomic mass is 16.1. The van der Waals surface area contributed by atoms with Gasteiger partial charge < -0.3 is 0 Å². The largest absolute Gasteiger partial charge is 0.277 e. The van der Waals surface area contributed by atoms with Crippen molar-refractivity contribution in [2.45, 2.75) is 32.1 Å². The molecule has 0 aromatic rings. The fraction of sp³-hybridized carbons (Fsp3) is 0.500. The molecule has 1 saturated carbocycles. The summed E-state index contributed by atoms with van der Waals surface area (Å²) in [5, 5.41) is 0. The second-order valence-corrected chi connectivity index (χ2v) is 4.42. The molecule has 0 radical (unpaired) electrons. The first kappa shape index (κ1) is 8.16. The van der Waals surface area contributed by atoms with E-state index in [0.29, 0.717) is 0 Å². The molecule has 0 saturated heterocycles. The van der Waals surface area contributed by atoms with E-state index >= 15 is 0 Å². The number of amides is 1. The Bertz CT molecular complexity index is 387. The number of rotatable bonds is 0. The smallest absolute Gasteiger partial charge is 0.267 e. The van der Waals surface area contributed by atoms with E-state index in [-0.39, 0.29) is 5.91 Å². The van der Waals surface area contributed by atoms with Crippen LogP contribution >= 0.6 is 0 Å². The predicted octanol–water partition coefficient (Wildman–Crippen LogP) is 2.41. The van der Waals surface area contributed by atoms with Gasteiger partial charge in [0.25, 0.3) is 5.91 Å². The molecule has 14 heavy (non-hydrogen) atoms. The van der Waals surface area contributed by atoms with Gasteiger partial charge in [0.1, 0.15) is 0 Å². The number of allylic oxidation sites excluding steroid dienone is 2. The second kappa shape index (κ2) is 2.91. The molecule has 0 spiro atoms. The summed E-state index contributed by atoms with van der Waals surface area (Å²) in [6.07, 6.45) is 9.62. The SMILES string of the molecule is O=C1N=CC=C2CC3CCCC(=C12)C3. The maximum absolute atomic E-state index is 11.6. The first-order valence-corrected chi connectivity index (χ1v) is 5.34. The van der Waals surface area contributed by atoms with Crippen LogP contribution < -0.4 is 0 Å². The molecule has 2 bridgehead atoms. The van der Waals surface area contributed by atoms with Crippen molar-refractivity contribution in [2.24, 2.45) is 10.9 Å². The predicted molar refractivity (Wildman–Crippen MR) is 55.2 cm³/mol. The molecule has 1 unspecified atom stereocenters. The van der Waals surface area contributed by atoms with E-state index in [1.807, 2.05) is 6.08 Å². The van der Waals surface area contributed by atoms with E-state index in [1.54, 1.807) is 6.21 Å². The van der Waals surface area contributed by atoms with Crippen LogP contribution in [0.2, 0.25) is 0 Å². The number of aliphatic imine (C=N–C) groups is 1. The van der Waals surface area contributed by atoms with E-state index in [1.165, 1.54) is 24.0 Å². The number of carbonyl (C=O) groups excluding carboxylic acids is 1. The molecule has 2 aliphatic carbocycles. The molecule has 0 aromatic heterocycles. The van der Waals surface area contributed by atoms with E-state index < -0.39 is 0 Å². The Morgan fingerprint density at radius 2 is 2.29 bits per heavy atom. The molecule has 1 heterocycles. The minimum absolute atomic E-state index is 0.00199. The summed E-state index contributed by atoms with van der Waals surface area (Å²) in [5.74, 6) is 0.797. The number of dihydropyridines is 1. The average molecular weight is 187 g/mol. The summed E-state index contributed by atoms with van der Waals surface area (Å²) < 4.78 is 0. The zero-order valence-corrected chi connectivity index (χ0v) is 8.12. The lowest BCUT2D eigenvalue weighted by molar-refractivity contribution is -0.114. The maximum Gasteiger partial charge on any atom is 0.277 e. The Labute approximate surface area is 83.4 Å². The van der Waals surface area contributed by atoms with Gasteiger partial charge in [0.05, 0.1) is 0 Å². The molecule has 1 atom stereocenters. The van der Waals surface area contributed by atoms with Crippen LogP contribution in [0.15, 0.2) is 27.8 Å². The average Bonchev–Trinajstić information content (AvgIpc) is 2.17. The number of hydrogen-bond acceptors (Lipinski definition) is 1. The fourth-order valence-electron chi connectivity index (χ4n) is 2.90. The number of fused-ring (bicyclic) bond motifs is 3. The van der Waals surface area contributed by atoms with Crippen LogP contribution in [0.4, 0.5) is 0 Å². The van der Waals surface area contributed by atoms with E-state index in [0.717, 1.165) is 30.8 Å². The highest BCUT2D eigenvalue weighted by Crippen LogP contribution is 2.42. The van der Waals surface area contributed by atoms with Crippen LogP contribution in [-0.2, 0) is 4.79 Å². The van der Waals surface area contributed by atoms with Crippen LogP contribution in [-0.4, -0.2) is 12.1 Å². The fourth-order valence-corrected chi connectivity index (χ4v) is 2.90. The normalized spacial score (nSPS) is 30.1. The van der Waals surface area contributed by atoms with Crippen molar-refractivity contribution in [3.8, 4) is 0 Å². The third-order valence-electron chi connectivity index (χ3n) is 3.49. The molecule has 2 nitrogen and oxygen atoms in total. The Morgan fingerprint density at radius 1 is 1.36 bits per heavy atom. The topological polar surface area (TPSA) is 29.4 Å². The van der Waals surface area contributed by atoms with E-state index in [9.17, 15) is 4.79 Å². The van der Waals surface area contributed by atoms with Crippen molar-refractivity contribution in [3.63, 3.8) is 0 Å². The highest BCUT2D eigenvalue weighted by Gasteiger charge is 2.31. The molecule has 3 aliphatic rings. The Morgan fingerprint density at radius 3 is 3.21 bits per heavy atom. The van der Waals surface area contributed by atoms with Gasteiger partial charge in [-0.05, 0) is 49.7 Å². The maximum atomic E-state index is 11.6. The molecule has 3 rings (SSSR count). The van der Waals surface area contributed by atoms with Crippen molar-refractivity contribution in [2.75, 3.05) is 0 Å². The molecule has 72 valence electrons. The number of carbonyl (C=O) groups is 1. The molecule has 0 aromatic carbocycles. The van der Waals surface area contributed by atoms with Crippen molar-refractivity contribution < 1.29 is 4.79 Å². The van der Waals surface area contributed by atoms with Crippen molar-refractivity contribution in [1.29, 1.82) is 0 Å². The van der Waals surface area contributed by atoms with Crippen molar-refractivity contribution in [1.82, 2.24) is 0 Å². The second-order valence-electron chi connectivity index (χ2n) is 4.42. The first-order chi connectivity index (χ1) is 6.84. The summed E-state index contributed by atoms with van der Waals surface area (Å²) in [7, 11) is 0. The van der Waals surface area contributed by atoms with Crippen molar-refractivity contribution in [3.05, 3.63) is 22.8 Å². The lowest BCUT2D eigenvalue weighted by Crippen LogP contribution is -2.22. The summed E-state index contributed by atoms with van der Waals surface area (Å²) >= 11 is 0. The van der Waals surface area contributed by atoms with Crippen LogP contribution in [0.1, 0.15) is 32.1 Å². The molecular formula is C12H13NO. The zero-order chi connectivity index (χ0) is 9.54. The minimum atomic E-state index is -0.00199. The molecule has 1 aliphatic heterocycles. The standard InChI is InChI=1S/C12H13NO/c14-12-11-9-3-1-2-8(6-9)7-10(11)4-5-13-12/h4-5,8H,1-3,6-7H2. The quantitative estimate of drug-likeness (QED) is 0.572. The summed E-state index contributed by atoms with van der Waals surface area (Å²) in [4.78, 5) is 15.5. The molecule has 2 heteroatoms. The minimum Gasteiger partial charge on any atom is -0.267 e. The first-order valence-electron chi connectivity index (χ1n) is 5.34. The van der Waals surface area contributed by atoms with E-state index in [2.05, 4.69) is 4.99 Å². The summed E-state index contributed by atoms with van der Waals surface area (Å²) in [5.41, 5.74) is 3.58. The molecule has 0 N–H and O–H groups in total. The van der Waals surface area contributed by atoms with Gasteiger partial charge in [0, 0.05) is 11.8 Å². The Balaban J connectivity index is 2.13. The van der Waals surface area contributed by atoms with Gasteiger partial charge in [-0.3, -0.25) is 4.79 Å². The van der Waals surface area contributed by atoms with Gasteiger partial charge in [-0.15, -0.1) is 0 Å². The number of nitrogens with zero attached hydrogens (tertiary/aromatic N) is 1. The van der Waals surface area contributed by atoms with Crippen LogP contribution in [0, 0.1) is 5.92 Å². The molecule has 1 fully saturated rings. The number of hydrogen-bond donors (Lipinski definition) is 0. The monoisotopic (exact) mass is 187 g/mol. The zero-order valence-electron chi connectivity index (χ0n) is 8.12. The summed E-state index contributed by atoms with van der Waals surface area (Å²) in [6, 6.07) is 0. The van der Waals surface area contributed by atoms with Crippen LogP contribution in [0.3, 0.4) is 0 Å². The van der Waals surface area contributed by atoms with Gasteiger partial charge in [0.2, 0.25) is 0 Å². The van der Waals surface area contributed by atoms with Crippen LogP contribution in [0.25, 0.3) is 0 Å². The van der Waals surface area contributed by atoms with Gasteiger partial charge >= 0.3 is 0 Å². The molecular weight excluding hydrogens is 174 g/mol. The summed E-state index contributed by atoms with van der Waals surface area (Å²) in [6.45, 7) is 0. The van der Waals surface area contributed by atoms with Gasteiger partial charge in [-0.1, -0.05) is 5.57 Å². The van der Waals surface area contributed by atoms with Crippen LogP contribution in [0.5, 0.6) is 0 Å². The van der Waals surface area contributed by atoms with Gasteiger partial charge in [0.15, 0.2) is 0 Å². The third kappa shape index (κ3) is 1.10. The third-order valence-corrected chi connectivity index (χ3v) is 3.49. The van der Waals surface area contributed by atoms with E-state index in [4.69, 9.17) is 0 Å². The Hall–Kier alpha value is -1.18. The highest BCUT2D eigenvalue weighted by molar-refractivity contribution is 6.07. The lowest BCUT2D eigenvalue weighted by atomic mass is 9.72. The molecule has 1 amide bonds. The lowest BCUT2D eigenvalue weighted by Gasteiger charge is -2.33. The van der Waals surface area contributed by atoms with Crippen molar-refractivity contribution >= 4 is 12.1 Å². The Kier molecular flexibility index (Phi) is 1.69. The van der Waals surface area contributed by atoms with Gasteiger partial charge in [-0.2, -0.15) is 0 Å².